The van der Waals surface area contributed by atoms with Crippen molar-refractivity contribution >= 4 is 5.78 Å². The number of benzene rings is 1. The molecular weight excluding hydrogens is 261 g/mol. The van der Waals surface area contributed by atoms with Gasteiger partial charge in [-0.2, -0.15) is 0 Å². The Bertz CT molecular complexity index is 621. The lowest BCUT2D eigenvalue weighted by molar-refractivity contribution is 0.0939. The lowest BCUT2D eigenvalue weighted by Gasteiger charge is -2.15. The largest absolute Gasteiger partial charge is 0.507 e. The predicted octanol–water partition coefficient (Wildman–Crippen LogP) is 2.75. The number of furan rings is 1. The summed E-state index contributed by atoms with van der Waals surface area (Å²) < 4.78 is 18.3. The molecule has 0 saturated heterocycles. The first-order valence-corrected chi connectivity index (χ1v) is 6.20. The molecule has 2 rings (SSSR count). The SMILES string of the molecule is Cc1occc1CN(C)CC(=O)c1cc(F)ccc1O. The van der Waals surface area contributed by atoms with Crippen molar-refractivity contribution in [2.45, 2.75) is 13.5 Å². The first kappa shape index (κ1) is 14.3. The highest BCUT2D eigenvalue weighted by Gasteiger charge is 2.15. The molecule has 0 bridgehead atoms. The number of likely N-dealkylation sites (N-methyl/N-ethyl adjacent to an activating group) is 1. The van der Waals surface area contributed by atoms with Crippen LogP contribution in [0.25, 0.3) is 0 Å². The second kappa shape index (κ2) is 5.88. The summed E-state index contributed by atoms with van der Waals surface area (Å²) in [4.78, 5) is 13.8. The topological polar surface area (TPSA) is 53.7 Å². The Kier molecular flexibility index (Phi) is 4.20. The van der Waals surface area contributed by atoms with Gasteiger partial charge in [-0.1, -0.05) is 0 Å². The van der Waals surface area contributed by atoms with E-state index in [1.54, 1.807) is 18.2 Å². The van der Waals surface area contributed by atoms with Crippen LogP contribution in [0.1, 0.15) is 21.7 Å². The number of carbonyl (C=O) groups excluding carboxylic acids is 1. The van der Waals surface area contributed by atoms with Gasteiger partial charge in [0, 0.05) is 12.1 Å². The van der Waals surface area contributed by atoms with Crippen molar-refractivity contribution in [3.05, 3.63) is 53.2 Å². The van der Waals surface area contributed by atoms with Gasteiger partial charge in [0.1, 0.15) is 17.3 Å². The minimum atomic E-state index is -0.542. The van der Waals surface area contributed by atoms with Crippen LogP contribution in [0.3, 0.4) is 0 Å². The van der Waals surface area contributed by atoms with Crippen LogP contribution in [-0.4, -0.2) is 29.4 Å². The molecule has 0 atom stereocenters. The summed E-state index contributed by atoms with van der Waals surface area (Å²) in [6, 6.07) is 5.19. The zero-order valence-corrected chi connectivity index (χ0v) is 11.4. The maximum absolute atomic E-state index is 13.1. The minimum Gasteiger partial charge on any atom is -0.507 e. The highest BCUT2D eigenvalue weighted by atomic mass is 19.1. The fraction of sp³-hybridized carbons (Fsp3) is 0.267. The van der Waals surface area contributed by atoms with Gasteiger partial charge >= 0.3 is 0 Å². The molecular formula is C15H16FNO3. The average molecular weight is 277 g/mol. The smallest absolute Gasteiger partial charge is 0.180 e. The van der Waals surface area contributed by atoms with Crippen molar-refractivity contribution in [1.82, 2.24) is 4.90 Å². The van der Waals surface area contributed by atoms with E-state index in [9.17, 15) is 14.3 Å². The van der Waals surface area contributed by atoms with Crippen molar-refractivity contribution in [3.63, 3.8) is 0 Å². The number of rotatable bonds is 5. The van der Waals surface area contributed by atoms with E-state index in [-0.39, 0.29) is 23.6 Å². The zero-order chi connectivity index (χ0) is 14.7. The van der Waals surface area contributed by atoms with Crippen LogP contribution in [0, 0.1) is 12.7 Å². The number of aryl methyl sites for hydroxylation is 1. The van der Waals surface area contributed by atoms with Gasteiger partial charge in [0.15, 0.2) is 5.78 Å². The molecule has 106 valence electrons. The molecule has 1 N–H and O–H groups in total. The first-order valence-electron chi connectivity index (χ1n) is 6.20. The van der Waals surface area contributed by atoms with E-state index in [0.29, 0.717) is 6.54 Å². The average Bonchev–Trinajstić information content (AvgIpc) is 2.77. The summed E-state index contributed by atoms with van der Waals surface area (Å²) in [7, 11) is 1.78. The Morgan fingerprint density at radius 2 is 2.15 bits per heavy atom. The number of carbonyl (C=O) groups is 1. The molecule has 1 aromatic heterocycles. The van der Waals surface area contributed by atoms with E-state index in [4.69, 9.17) is 4.42 Å². The summed E-state index contributed by atoms with van der Waals surface area (Å²) in [5.74, 6) is -0.271. The maximum Gasteiger partial charge on any atom is 0.180 e. The van der Waals surface area contributed by atoms with Crippen LogP contribution in [-0.2, 0) is 6.54 Å². The van der Waals surface area contributed by atoms with Gasteiger partial charge < -0.3 is 9.52 Å². The maximum atomic E-state index is 13.1. The van der Waals surface area contributed by atoms with E-state index in [0.717, 1.165) is 23.5 Å². The number of ketones is 1. The third kappa shape index (κ3) is 3.24. The molecule has 0 amide bonds. The molecule has 0 fully saturated rings. The molecule has 20 heavy (non-hydrogen) atoms. The first-order chi connectivity index (χ1) is 9.47. The van der Waals surface area contributed by atoms with Gasteiger partial charge in [-0.15, -0.1) is 0 Å². The van der Waals surface area contributed by atoms with Gasteiger partial charge in [0.05, 0.1) is 18.4 Å². The molecule has 2 aromatic rings. The Hall–Kier alpha value is -2.14. The van der Waals surface area contributed by atoms with E-state index < -0.39 is 5.82 Å². The number of phenols is 1. The number of hydrogen-bond acceptors (Lipinski definition) is 4. The Balaban J connectivity index is 2.04. The molecule has 4 nitrogen and oxygen atoms in total. The molecule has 1 aromatic carbocycles. The third-order valence-corrected chi connectivity index (χ3v) is 3.08. The van der Waals surface area contributed by atoms with Crippen LogP contribution in [0.2, 0.25) is 0 Å². The summed E-state index contributed by atoms with van der Waals surface area (Å²) in [5.41, 5.74) is 0.990. The highest BCUT2D eigenvalue weighted by molar-refractivity contribution is 5.99. The van der Waals surface area contributed by atoms with Crippen molar-refractivity contribution in [3.8, 4) is 5.75 Å². The monoisotopic (exact) mass is 277 g/mol. The summed E-state index contributed by atoms with van der Waals surface area (Å²) in [5, 5.41) is 9.60. The fourth-order valence-corrected chi connectivity index (χ4v) is 1.98. The Morgan fingerprint density at radius 1 is 1.40 bits per heavy atom. The lowest BCUT2D eigenvalue weighted by atomic mass is 10.1. The highest BCUT2D eigenvalue weighted by Crippen LogP contribution is 2.19. The molecule has 0 radical (unpaired) electrons. The normalized spacial score (nSPS) is 11.0. The predicted molar refractivity (Wildman–Crippen MR) is 72.2 cm³/mol. The van der Waals surface area contributed by atoms with Crippen molar-refractivity contribution in [2.75, 3.05) is 13.6 Å². The Morgan fingerprint density at radius 3 is 2.80 bits per heavy atom. The lowest BCUT2D eigenvalue weighted by Crippen LogP contribution is -2.25. The van der Waals surface area contributed by atoms with Crippen molar-refractivity contribution in [2.24, 2.45) is 0 Å². The van der Waals surface area contributed by atoms with Gasteiger partial charge in [-0.25, -0.2) is 4.39 Å². The zero-order valence-electron chi connectivity index (χ0n) is 11.4. The van der Waals surface area contributed by atoms with Crippen LogP contribution < -0.4 is 0 Å². The molecule has 5 heteroatoms. The van der Waals surface area contributed by atoms with Crippen LogP contribution >= 0.6 is 0 Å². The van der Waals surface area contributed by atoms with E-state index in [1.807, 2.05) is 13.0 Å². The van der Waals surface area contributed by atoms with Gasteiger partial charge in [0.2, 0.25) is 0 Å². The molecule has 1 heterocycles. The summed E-state index contributed by atoms with van der Waals surface area (Å²) in [6.45, 7) is 2.48. The van der Waals surface area contributed by atoms with Gasteiger partial charge in [-0.05, 0) is 38.2 Å². The van der Waals surface area contributed by atoms with E-state index in [2.05, 4.69) is 0 Å². The van der Waals surface area contributed by atoms with Crippen LogP contribution in [0.4, 0.5) is 4.39 Å². The quantitative estimate of drug-likeness (QED) is 0.854. The van der Waals surface area contributed by atoms with Crippen molar-refractivity contribution < 1.29 is 18.7 Å². The standard InChI is InChI=1S/C15H16FNO3/c1-10-11(5-6-20-10)8-17(2)9-15(19)13-7-12(16)3-4-14(13)18/h3-7,18H,8-9H2,1-2H3. The number of phenolic OH excluding ortho intramolecular Hbond substituents is 1. The number of nitrogens with zero attached hydrogens (tertiary/aromatic N) is 1. The minimum absolute atomic E-state index is 0.000709. The second-order valence-electron chi connectivity index (χ2n) is 4.76. The van der Waals surface area contributed by atoms with Crippen LogP contribution in [0.5, 0.6) is 5.75 Å². The van der Waals surface area contributed by atoms with Crippen LogP contribution in [0.15, 0.2) is 34.9 Å². The van der Waals surface area contributed by atoms with Gasteiger partial charge in [0.25, 0.3) is 0 Å². The molecule has 0 unspecified atom stereocenters. The van der Waals surface area contributed by atoms with E-state index >= 15 is 0 Å². The Labute approximate surface area is 116 Å². The third-order valence-electron chi connectivity index (χ3n) is 3.08. The molecule has 0 saturated carbocycles. The van der Waals surface area contributed by atoms with Crippen molar-refractivity contribution in [1.29, 1.82) is 0 Å². The summed E-state index contributed by atoms with van der Waals surface area (Å²) >= 11 is 0. The number of hydrogen-bond donors (Lipinski definition) is 1. The van der Waals surface area contributed by atoms with Gasteiger partial charge in [-0.3, -0.25) is 9.69 Å². The number of Topliss-reactive ketones (excluding diaryl/α,β-unsaturated/α-hetero) is 1. The molecule has 0 aliphatic rings. The number of aromatic hydroxyl groups is 1. The van der Waals surface area contributed by atoms with E-state index in [1.165, 1.54) is 6.07 Å². The number of halogens is 1. The molecule has 0 aliphatic carbocycles. The summed E-state index contributed by atoms with van der Waals surface area (Å²) in [6.07, 6.45) is 1.60. The second-order valence-corrected chi connectivity index (χ2v) is 4.76. The molecule has 0 aliphatic heterocycles. The fourth-order valence-electron chi connectivity index (χ4n) is 1.98. The molecule has 0 spiro atoms.